The molecule has 0 aromatic carbocycles. The highest BCUT2D eigenvalue weighted by Gasteiger charge is 2.57. The molecule has 3 aliphatic rings. The molecule has 2 aliphatic carbocycles. The number of rotatable bonds is 4. The number of hydrogen-bond donors (Lipinski definition) is 1. The van der Waals surface area contributed by atoms with E-state index in [0.29, 0.717) is 25.2 Å². The molecule has 146 valence electrons. The van der Waals surface area contributed by atoms with E-state index in [-0.39, 0.29) is 23.5 Å². The maximum atomic E-state index is 12.4. The topological polar surface area (TPSA) is 74.6 Å². The van der Waals surface area contributed by atoms with Gasteiger partial charge in [-0.1, -0.05) is 12.8 Å². The molecule has 6 nitrogen and oxygen atoms in total. The lowest BCUT2D eigenvalue weighted by Gasteiger charge is -2.55. The van der Waals surface area contributed by atoms with Gasteiger partial charge in [0.15, 0.2) is 0 Å². The summed E-state index contributed by atoms with van der Waals surface area (Å²) in [5.41, 5.74) is -0.285. The predicted molar refractivity (Wildman–Crippen MR) is 98.6 cm³/mol. The van der Waals surface area contributed by atoms with Gasteiger partial charge in [0, 0.05) is 37.2 Å². The first-order valence-electron chi connectivity index (χ1n) is 10.0. The van der Waals surface area contributed by atoms with Crippen LogP contribution in [0.15, 0.2) is 0 Å². The molecule has 1 amide bonds. The van der Waals surface area contributed by atoms with Crippen LogP contribution in [-0.4, -0.2) is 54.5 Å². The van der Waals surface area contributed by atoms with Gasteiger partial charge in [-0.15, -0.1) is 0 Å². The molecule has 0 radical (unpaired) electrons. The van der Waals surface area contributed by atoms with E-state index in [1.807, 2.05) is 20.8 Å². The summed E-state index contributed by atoms with van der Waals surface area (Å²) in [5, 5.41) is 13.3. The van der Waals surface area contributed by atoms with E-state index in [2.05, 4.69) is 18.3 Å². The van der Waals surface area contributed by atoms with Gasteiger partial charge in [-0.25, -0.2) is 4.79 Å². The van der Waals surface area contributed by atoms with Crippen LogP contribution in [0, 0.1) is 22.7 Å². The zero-order chi connectivity index (χ0) is 18.9. The van der Waals surface area contributed by atoms with Crippen molar-refractivity contribution in [2.45, 2.75) is 83.6 Å². The minimum atomic E-state index is -0.517. The Balaban J connectivity index is 1.62. The van der Waals surface area contributed by atoms with Crippen LogP contribution in [0.1, 0.15) is 59.8 Å². The van der Waals surface area contributed by atoms with E-state index in [0.717, 1.165) is 13.0 Å². The number of carbonyl (C=O) groups is 1. The largest absolute Gasteiger partial charge is 0.444 e. The fourth-order valence-electron chi connectivity index (χ4n) is 4.96. The highest BCUT2D eigenvalue weighted by atomic mass is 16.6. The molecule has 1 spiro atoms. The zero-order valence-electron chi connectivity index (χ0n) is 16.6. The van der Waals surface area contributed by atoms with E-state index < -0.39 is 5.60 Å². The van der Waals surface area contributed by atoms with Crippen LogP contribution in [0.2, 0.25) is 0 Å². The van der Waals surface area contributed by atoms with Crippen LogP contribution >= 0.6 is 0 Å². The van der Waals surface area contributed by atoms with E-state index in [9.17, 15) is 10.1 Å². The average Bonchev–Trinajstić information content (AvgIpc) is 3.21. The molecule has 6 heteroatoms. The van der Waals surface area contributed by atoms with Crippen molar-refractivity contribution < 1.29 is 14.3 Å². The summed E-state index contributed by atoms with van der Waals surface area (Å²) in [6.07, 6.45) is 5.96. The van der Waals surface area contributed by atoms with Gasteiger partial charge in [0.05, 0.1) is 18.1 Å². The van der Waals surface area contributed by atoms with Crippen molar-refractivity contribution in [2.75, 3.05) is 19.7 Å². The van der Waals surface area contributed by atoms with Crippen molar-refractivity contribution in [3.8, 4) is 6.07 Å². The van der Waals surface area contributed by atoms with Crippen LogP contribution in [0.5, 0.6) is 0 Å². The first-order chi connectivity index (χ1) is 12.3. The van der Waals surface area contributed by atoms with Crippen molar-refractivity contribution in [3.63, 3.8) is 0 Å². The Hall–Kier alpha value is -1.32. The Morgan fingerprint density at radius 3 is 2.58 bits per heavy atom. The van der Waals surface area contributed by atoms with Gasteiger partial charge in [-0.2, -0.15) is 5.26 Å². The van der Waals surface area contributed by atoms with E-state index in [4.69, 9.17) is 9.47 Å². The highest BCUT2D eigenvalue weighted by molar-refractivity contribution is 5.68. The summed E-state index contributed by atoms with van der Waals surface area (Å²) in [7, 11) is 0. The van der Waals surface area contributed by atoms with Crippen LogP contribution in [0.25, 0.3) is 0 Å². The molecular formula is C20H33N3O3. The lowest BCUT2D eigenvalue weighted by Crippen LogP contribution is -2.65. The standard InChI is InChI=1S/C20H33N3O3/c1-5-25-17-10-16(20(17)8-6-7-9-20)22-15-13-23(12-14(15)11-21)18(24)26-19(2,3)4/h14-17,22H,5-10,12-13H2,1-4H3/t14-,15+,16-,17+/m0/s1. The number of nitriles is 1. The number of ether oxygens (including phenoxy) is 2. The quantitative estimate of drug-likeness (QED) is 0.831. The SMILES string of the molecule is CCO[C@@H]1C[C@H](N[C@@H]2CN(C(=O)OC(C)(C)C)C[C@@H]2C#N)C12CCCC2. The molecule has 3 rings (SSSR count). The second-order valence-electron chi connectivity index (χ2n) is 9.07. The Morgan fingerprint density at radius 2 is 2.00 bits per heavy atom. The first kappa shape index (κ1) is 19.4. The van der Waals surface area contributed by atoms with Gasteiger partial charge in [-0.3, -0.25) is 0 Å². The van der Waals surface area contributed by atoms with Crippen LogP contribution in [0.4, 0.5) is 4.79 Å². The number of nitrogens with zero attached hydrogens (tertiary/aromatic N) is 2. The first-order valence-corrected chi connectivity index (χ1v) is 10.0. The molecule has 26 heavy (non-hydrogen) atoms. The van der Waals surface area contributed by atoms with Crippen molar-refractivity contribution in [1.29, 1.82) is 5.26 Å². The summed E-state index contributed by atoms with van der Waals surface area (Å²) in [6, 6.07) is 2.79. The molecule has 1 N–H and O–H groups in total. The maximum absolute atomic E-state index is 12.4. The van der Waals surface area contributed by atoms with Crippen molar-refractivity contribution in [3.05, 3.63) is 0 Å². The van der Waals surface area contributed by atoms with Gasteiger partial charge in [0.2, 0.25) is 0 Å². The van der Waals surface area contributed by atoms with E-state index >= 15 is 0 Å². The van der Waals surface area contributed by atoms with Gasteiger partial charge in [-0.05, 0) is 47.0 Å². The second-order valence-corrected chi connectivity index (χ2v) is 9.07. The third kappa shape index (κ3) is 3.70. The molecule has 3 fully saturated rings. The third-order valence-electron chi connectivity index (χ3n) is 6.24. The van der Waals surface area contributed by atoms with Crippen LogP contribution < -0.4 is 5.32 Å². The Kier molecular flexibility index (Phi) is 5.50. The van der Waals surface area contributed by atoms with Crippen molar-refractivity contribution in [2.24, 2.45) is 11.3 Å². The molecule has 1 aliphatic heterocycles. The Bertz CT molecular complexity index is 560. The smallest absolute Gasteiger partial charge is 0.410 e. The van der Waals surface area contributed by atoms with E-state index in [1.165, 1.54) is 25.7 Å². The highest BCUT2D eigenvalue weighted by Crippen LogP contribution is 2.55. The number of likely N-dealkylation sites (tertiary alicyclic amines) is 1. The van der Waals surface area contributed by atoms with Gasteiger partial charge >= 0.3 is 6.09 Å². The van der Waals surface area contributed by atoms with Crippen molar-refractivity contribution >= 4 is 6.09 Å². The number of carbonyl (C=O) groups excluding carboxylic acids is 1. The molecule has 4 atom stereocenters. The summed E-state index contributed by atoms with van der Waals surface area (Å²) in [4.78, 5) is 14.0. The fourth-order valence-corrected chi connectivity index (χ4v) is 4.96. The lowest BCUT2D eigenvalue weighted by atomic mass is 9.60. The molecule has 2 saturated carbocycles. The minimum Gasteiger partial charge on any atom is -0.444 e. The molecule has 0 aromatic rings. The molecule has 0 bridgehead atoms. The lowest BCUT2D eigenvalue weighted by molar-refractivity contribution is -0.132. The minimum absolute atomic E-state index is 0.0116. The summed E-state index contributed by atoms with van der Waals surface area (Å²) >= 11 is 0. The number of nitrogens with one attached hydrogen (secondary N) is 1. The van der Waals surface area contributed by atoms with E-state index in [1.54, 1.807) is 4.90 Å². The van der Waals surface area contributed by atoms with Gasteiger partial charge in [0.25, 0.3) is 0 Å². The van der Waals surface area contributed by atoms with Gasteiger partial charge < -0.3 is 19.7 Å². The molecule has 1 saturated heterocycles. The molecule has 1 heterocycles. The summed E-state index contributed by atoms with van der Waals surface area (Å²) in [5.74, 6) is -0.188. The average molecular weight is 364 g/mol. The predicted octanol–water partition coefficient (Wildman–Crippen LogP) is 3.07. The zero-order valence-corrected chi connectivity index (χ0v) is 16.6. The van der Waals surface area contributed by atoms with Crippen LogP contribution in [0.3, 0.4) is 0 Å². The normalized spacial score (nSPS) is 33.1. The monoisotopic (exact) mass is 363 g/mol. The molecule has 0 unspecified atom stereocenters. The van der Waals surface area contributed by atoms with Crippen LogP contribution in [-0.2, 0) is 9.47 Å². The Morgan fingerprint density at radius 1 is 1.31 bits per heavy atom. The maximum Gasteiger partial charge on any atom is 0.410 e. The van der Waals surface area contributed by atoms with Gasteiger partial charge in [0.1, 0.15) is 5.60 Å². The fraction of sp³-hybridized carbons (Fsp3) is 0.900. The summed E-state index contributed by atoms with van der Waals surface area (Å²) < 4.78 is 11.5. The molecular weight excluding hydrogens is 330 g/mol. The van der Waals surface area contributed by atoms with Crippen molar-refractivity contribution in [1.82, 2.24) is 10.2 Å². The second kappa shape index (κ2) is 7.36. The third-order valence-corrected chi connectivity index (χ3v) is 6.24. The number of amides is 1. The Labute approximate surface area is 157 Å². The summed E-state index contributed by atoms with van der Waals surface area (Å²) in [6.45, 7) is 9.40. The number of hydrogen-bond acceptors (Lipinski definition) is 5. The molecule has 0 aromatic heterocycles.